The number of aromatic nitrogens is 6. The number of pyridine rings is 2. The quantitative estimate of drug-likeness (QED) is 0.120. The standard InChI is InChI=1S/C28H24FN5O2.C16H18N2O2.C12H7BrFN3.C2H6/c29-19-8-10-20(11-9-19)34-22-12-13-23(31-21(22)16-30-34)33-24(17-4-2-1-3-5-17)25(28(14-15-28)27(33)36)32-26(35)18-6-7-18;19-14(11-6-7-11)18-13-12(10-4-2-1-3-5-10)17-15(20)16(13)8-9-16;13-12-6-5-11-10(16-12)7-15-17(11)9-3-1-8(14)2-4-9;1-2/h1-5,8-13,16,18,24-25H,6-7,14-15H2,(H,32,35);1-5,11-13H,6-9H2,(H,17,20)(H,18,19);1-7H;1-2H3/t24-,25-;12-,13-;;/m11../s1. The molecular weight excluding hydrogens is 1020 g/mol. The van der Waals surface area contributed by atoms with Crippen molar-refractivity contribution < 1.29 is 28.0 Å². The third-order valence-electron chi connectivity index (χ3n) is 15.1. The molecule has 6 heterocycles. The molecule has 14 rings (SSSR count). The Kier molecular flexibility index (Phi) is 13.4. The Morgan fingerprint density at radius 2 is 1.08 bits per heavy atom. The van der Waals surface area contributed by atoms with Crippen LogP contribution in [0.5, 0.6) is 0 Å². The zero-order chi connectivity index (χ0) is 52.0. The summed E-state index contributed by atoms with van der Waals surface area (Å²) in [4.78, 5) is 62.0. The van der Waals surface area contributed by atoms with Crippen LogP contribution in [0, 0.1) is 34.3 Å². The summed E-state index contributed by atoms with van der Waals surface area (Å²) in [6, 6.07) is 38.8. The number of nitrogens with zero attached hydrogens (tertiary/aromatic N) is 7. The van der Waals surface area contributed by atoms with Crippen molar-refractivity contribution in [1.82, 2.24) is 45.5 Å². The van der Waals surface area contributed by atoms with Gasteiger partial charge in [0, 0.05) is 11.8 Å². The molecule has 2 aliphatic heterocycles. The number of amides is 4. The average molecular weight is 1070 g/mol. The molecule has 75 heavy (non-hydrogen) atoms. The van der Waals surface area contributed by atoms with Crippen molar-refractivity contribution >= 4 is 67.4 Å². The molecule has 4 atom stereocenters. The number of rotatable bonds is 9. The van der Waals surface area contributed by atoms with Gasteiger partial charge in [-0.3, -0.25) is 24.1 Å². The van der Waals surface area contributed by atoms with Gasteiger partial charge >= 0.3 is 0 Å². The van der Waals surface area contributed by atoms with Crippen LogP contribution in [0.1, 0.15) is 88.4 Å². The fraction of sp³-hybridized carbons (Fsp3) is 0.310. The first-order valence-electron chi connectivity index (χ1n) is 25.7. The Labute approximate surface area is 440 Å². The number of hydrogen-bond donors (Lipinski definition) is 3. The van der Waals surface area contributed by atoms with Gasteiger partial charge in [-0.2, -0.15) is 10.2 Å². The smallest absolute Gasteiger partial charge is 0.237 e. The first-order chi connectivity index (χ1) is 36.5. The predicted molar refractivity (Wildman–Crippen MR) is 283 cm³/mol. The SMILES string of the molecule is CC.Fc1ccc(-n2ncc3nc(Br)ccc32)cc1.O=C(N[C@@H]1[C@@H](c2ccccc2)N(c2ccc3c(cnn3-c3ccc(F)cc3)n2)C(=O)C12CC2)C1CC1.O=C(N[C@@H]1[C@@H](c2ccccc2)NC(=O)C12CC2)C1CC1. The molecule has 6 fully saturated rings. The first-order valence-corrected chi connectivity index (χ1v) is 26.5. The maximum absolute atomic E-state index is 13.9. The molecule has 4 aromatic heterocycles. The minimum Gasteiger partial charge on any atom is -0.350 e. The number of halogens is 3. The largest absolute Gasteiger partial charge is 0.350 e. The third kappa shape index (κ3) is 9.69. The molecule has 14 nitrogen and oxygen atoms in total. The average Bonchev–Trinajstić information content (AvgIpc) is 4.27. The van der Waals surface area contributed by atoms with Gasteiger partial charge in [0.25, 0.3) is 0 Å². The molecule has 0 radical (unpaired) electrons. The second kappa shape index (κ2) is 20.2. The molecule has 3 N–H and O–H groups in total. The molecule has 4 aliphatic carbocycles. The topological polar surface area (TPSA) is 169 Å². The number of carbonyl (C=O) groups is 4. The van der Waals surface area contributed by atoms with Crippen LogP contribution in [0.4, 0.5) is 14.6 Å². The summed E-state index contributed by atoms with van der Waals surface area (Å²) in [6.07, 6.45) is 10.4. The third-order valence-corrected chi connectivity index (χ3v) is 15.5. The highest BCUT2D eigenvalue weighted by Gasteiger charge is 2.67. The maximum Gasteiger partial charge on any atom is 0.237 e. The first kappa shape index (κ1) is 49.5. The van der Waals surface area contributed by atoms with Crippen molar-refractivity contribution in [2.24, 2.45) is 22.7 Å². The molecule has 4 saturated carbocycles. The Bertz CT molecular complexity index is 3410. The Morgan fingerprint density at radius 3 is 1.59 bits per heavy atom. The van der Waals surface area contributed by atoms with Crippen LogP contribution in [0.2, 0.25) is 0 Å². The summed E-state index contributed by atoms with van der Waals surface area (Å²) >= 11 is 3.31. The second-order valence-corrected chi connectivity index (χ2v) is 20.7. The zero-order valence-electron chi connectivity index (χ0n) is 41.4. The van der Waals surface area contributed by atoms with E-state index in [9.17, 15) is 28.0 Å². The number of anilines is 1. The van der Waals surface area contributed by atoms with E-state index >= 15 is 0 Å². The molecule has 8 aromatic rings. The van der Waals surface area contributed by atoms with E-state index in [4.69, 9.17) is 4.98 Å². The number of fused-ring (bicyclic) bond motifs is 2. The summed E-state index contributed by atoms with van der Waals surface area (Å²) < 4.78 is 30.4. The van der Waals surface area contributed by atoms with Crippen molar-refractivity contribution in [2.45, 2.75) is 89.4 Å². The lowest BCUT2D eigenvalue weighted by Gasteiger charge is -2.29. The van der Waals surface area contributed by atoms with Crippen LogP contribution in [0.25, 0.3) is 33.4 Å². The molecule has 4 amide bonds. The van der Waals surface area contributed by atoms with Gasteiger partial charge in [0.15, 0.2) is 0 Å². The number of benzene rings is 4. The van der Waals surface area contributed by atoms with Crippen molar-refractivity contribution in [1.29, 1.82) is 0 Å². The molecule has 2 spiro atoms. The number of nitrogens with one attached hydrogen (secondary N) is 3. The molecule has 17 heteroatoms. The lowest BCUT2D eigenvalue weighted by Crippen LogP contribution is -2.44. The van der Waals surface area contributed by atoms with Gasteiger partial charge in [-0.05, 0) is 151 Å². The summed E-state index contributed by atoms with van der Waals surface area (Å²) in [5.41, 5.74) is 5.73. The van der Waals surface area contributed by atoms with Crippen molar-refractivity contribution in [3.63, 3.8) is 0 Å². The molecule has 4 aromatic carbocycles. The fourth-order valence-corrected chi connectivity index (χ4v) is 10.8. The van der Waals surface area contributed by atoms with Gasteiger partial charge in [0.1, 0.15) is 33.1 Å². The lowest BCUT2D eigenvalue weighted by molar-refractivity contribution is -0.126. The normalized spacial score (nSPS) is 21.3. The molecule has 0 bridgehead atoms. The minimum atomic E-state index is -0.583. The molecule has 0 unspecified atom stereocenters. The Hall–Kier alpha value is -7.66. The van der Waals surface area contributed by atoms with E-state index in [1.165, 1.54) is 24.3 Å². The number of hydrogen-bond acceptors (Lipinski definition) is 8. The van der Waals surface area contributed by atoms with Crippen LogP contribution in [0.15, 0.2) is 150 Å². The van der Waals surface area contributed by atoms with E-state index < -0.39 is 5.41 Å². The van der Waals surface area contributed by atoms with Crippen molar-refractivity contribution in [3.05, 3.63) is 173 Å². The van der Waals surface area contributed by atoms with Crippen molar-refractivity contribution in [3.8, 4) is 11.4 Å². The lowest BCUT2D eigenvalue weighted by atomic mass is 9.91. The minimum absolute atomic E-state index is 0.00947. The van der Waals surface area contributed by atoms with Gasteiger partial charge < -0.3 is 16.0 Å². The highest BCUT2D eigenvalue weighted by atomic mass is 79.9. The number of carbonyl (C=O) groups excluding carboxylic acids is 4. The summed E-state index contributed by atoms with van der Waals surface area (Å²) in [5.74, 6) is 0.492. The van der Waals surface area contributed by atoms with Gasteiger partial charge in [-0.1, -0.05) is 74.5 Å². The molecule has 382 valence electrons. The fourth-order valence-electron chi connectivity index (χ4n) is 10.5. The maximum atomic E-state index is 13.9. The van der Waals surface area contributed by atoms with Gasteiger partial charge in [-0.25, -0.2) is 28.1 Å². The second-order valence-electron chi connectivity index (χ2n) is 19.9. The van der Waals surface area contributed by atoms with E-state index in [0.717, 1.165) is 95.0 Å². The van der Waals surface area contributed by atoms with Gasteiger partial charge in [-0.15, -0.1) is 0 Å². The molecular formula is C58H55BrF2N10O4. The van der Waals surface area contributed by atoms with Crippen LogP contribution in [-0.4, -0.2) is 65.2 Å². The Morgan fingerprint density at radius 1 is 0.600 bits per heavy atom. The van der Waals surface area contributed by atoms with Crippen molar-refractivity contribution in [2.75, 3.05) is 4.90 Å². The predicted octanol–water partition coefficient (Wildman–Crippen LogP) is 10.2. The highest BCUT2D eigenvalue weighted by Crippen LogP contribution is 2.60. The van der Waals surface area contributed by atoms with Gasteiger partial charge in [0.05, 0.1) is 69.8 Å². The van der Waals surface area contributed by atoms with E-state index in [-0.39, 0.29) is 76.7 Å². The summed E-state index contributed by atoms with van der Waals surface area (Å²) in [7, 11) is 0. The van der Waals surface area contributed by atoms with Crippen LogP contribution < -0.4 is 20.9 Å². The van der Waals surface area contributed by atoms with Crippen LogP contribution >= 0.6 is 15.9 Å². The monoisotopic (exact) mass is 1070 g/mol. The zero-order valence-corrected chi connectivity index (χ0v) is 43.0. The van der Waals surface area contributed by atoms with E-state index in [2.05, 4.69) is 47.1 Å². The Balaban J connectivity index is 0.000000130. The molecule has 2 saturated heterocycles. The molecule has 6 aliphatic rings. The van der Waals surface area contributed by atoms with E-state index in [1.807, 2.05) is 98.8 Å². The van der Waals surface area contributed by atoms with Crippen LogP contribution in [-0.2, 0) is 19.2 Å². The summed E-state index contributed by atoms with van der Waals surface area (Å²) in [6.45, 7) is 4.00. The highest BCUT2D eigenvalue weighted by molar-refractivity contribution is 9.10. The van der Waals surface area contributed by atoms with E-state index in [1.54, 1.807) is 50.9 Å². The van der Waals surface area contributed by atoms with E-state index in [0.29, 0.717) is 11.3 Å². The van der Waals surface area contributed by atoms with Gasteiger partial charge in [0.2, 0.25) is 23.6 Å². The van der Waals surface area contributed by atoms with Crippen LogP contribution in [0.3, 0.4) is 0 Å². The summed E-state index contributed by atoms with van der Waals surface area (Å²) in [5, 5.41) is 18.2.